The van der Waals surface area contributed by atoms with Crippen molar-refractivity contribution in [2.24, 2.45) is 5.16 Å². The summed E-state index contributed by atoms with van der Waals surface area (Å²) in [6.45, 7) is 1.93. The maximum atomic E-state index is 12.9. The zero-order valence-electron chi connectivity index (χ0n) is 21.3. The fourth-order valence-corrected chi connectivity index (χ4v) is 3.33. The number of carbonyl (C=O) groups is 5. The number of hydroxylamine groups is 2. The zero-order valence-corrected chi connectivity index (χ0v) is 24.1. The topological polar surface area (TPSA) is 220 Å². The number of esters is 1. The van der Waals surface area contributed by atoms with E-state index in [9.17, 15) is 34.2 Å². The molecule has 2 aliphatic heterocycles. The molecule has 2 atom stereocenters. The Bertz CT molecular complexity index is 1080. The van der Waals surface area contributed by atoms with Gasteiger partial charge in [0.15, 0.2) is 10.8 Å². The number of thiazole rings is 1. The average molecular weight is 533 g/mol. The van der Waals surface area contributed by atoms with Crippen molar-refractivity contribution in [1.82, 2.24) is 15.4 Å². The van der Waals surface area contributed by atoms with Crippen molar-refractivity contribution in [1.29, 1.82) is 0 Å². The molecule has 0 radical (unpaired) electrons. The molecule has 3 heterocycles. The van der Waals surface area contributed by atoms with Crippen molar-refractivity contribution in [2.75, 3.05) is 12.3 Å². The minimum atomic E-state index is -2.34. The standard InChI is InChI=1S/C17H19N5O10S.2Na.2H/c1-16(2,13(26)27)32-21-10(8-6-33-15(18)20-8)11(24)19-7-5-30-22(12(7)25)17(14(28)29)4-3-9(23)31-17;;;;/h6-7H,3-5H2,1-2H3,(H2,18,20)(H,19,24)(H,26,27)(H,28,29);;;;/q;2*+1;2*-1/b21-10-;;;;/t7-,17?;;;;/m0..../s1. The average Bonchev–Trinajstić information content (AvgIpc) is 3.42. The number of carbonyl (C=O) groups excluding carboxylic acids is 3. The Kier molecular flexibility index (Phi) is 10.7. The minimum Gasteiger partial charge on any atom is -1.00 e. The number of amides is 2. The van der Waals surface area contributed by atoms with Crippen molar-refractivity contribution in [3.05, 3.63) is 11.1 Å². The van der Waals surface area contributed by atoms with Crippen LogP contribution < -0.4 is 70.2 Å². The molecular weight excluding hydrogens is 512 g/mol. The van der Waals surface area contributed by atoms with Gasteiger partial charge in [-0.15, -0.1) is 11.3 Å². The second-order valence-electron chi connectivity index (χ2n) is 7.44. The Morgan fingerprint density at radius 3 is 2.51 bits per heavy atom. The molecule has 0 bridgehead atoms. The van der Waals surface area contributed by atoms with Crippen LogP contribution >= 0.6 is 11.3 Å². The Hall–Kier alpha value is -1.79. The molecule has 2 aliphatic rings. The Labute approximate surface area is 248 Å². The van der Waals surface area contributed by atoms with Crippen molar-refractivity contribution < 1.29 is 111 Å². The van der Waals surface area contributed by atoms with Crippen LogP contribution in [0.4, 0.5) is 5.13 Å². The van der Waals surface area contributed by atoms with Crippen LogP contribution in [0.25, 0.3) is 0 Å². The Morgan fingerprint density at radius 2 is 2.03 bits per heavy atom. The number of aliphatic carboxylic acids is 2. The molecule has 182 valence electrons. The van der Waals surface area contributed by atoms with E-state index in [4.69, 9.17) is 20.1 Å². The molecule has 2 amide bonds. The first kappa shape index (κ1) is 31.2. The Morgan fingerprint density at radius 1 is 1.37 bits per heavy atom. The molecule has 2 saturated heterocycles. The van der Waals surface area contributed by atoms with Crippen LogP contribution in [0.5, 0.6) is 0 Å². The third-order valence-electron chi connectivity index (χ3n) is 4.65. The van der Waals surface area contributed by atoms with E-state index in [1.807, 2.05) is 0 Å². The van der Waals surface area contributed by atoms with E-state index < -0.39 is 59.4 Å². The number of cyclic esters (lactones) is 1. The largest absolute Gasteiger partial charge is 1.00 e. The van der Waals surface area contributed by atoms with E-state index in [0.717, 1.165) is 11.3 Å². The first-order chi connectivity index (χ1) is 15.4. The number of nitrogens with one attached hydrogen (secondary N) is 1. The first-order valence-corrected chi connectivity index (χ1v) is 10.2. The molecule has 0 aliphatic carbocycles. The van der Waals surface area contributed by atoms with Gasteiger partial charge in [-0.05, 0) is 13.8 Å². The summed E-state index contributed by atoms with van der Waals surface area (Å²) in [6, 6.07) is -1.37. The van der Waals surface area contributed by atoms with E-state index >= 15 is 0 Å². The zero-order chi connectivity index (χ0) is 24.6. The normalized spacial score (nSPS) is 22.1. The SMILES string of the molecule is CC(C)(O/N=C(\C(=O)N[C@H]1CON(C2(C(=O)O)CCC(=O)O2)C1=O)c1csc(N)n1)C(=O)O.[H-].[H-].[Na+].[Na+]. The number of carboxylic acid groups (broad SMARTS) is 2. The Balaban J connectivity index is 0. The van der Waals surface area contributed by atoms with Crippen LogP contribution in [0.3, 0.4) is 0 Å². The maximum Gasteiger partial charge on any atom is 1.00 e. The van der Waals surface area contributed by atoms with Crippen molar-refractivity contribution in [2.45, 2.75) is 44.1 Å². The quantitative estimate of drug-likeness (QED) is 0.106. The second kappa shape index (κ2) is 12.0. The molecule has 15 nitrogen and oxygen atoms in total. The van der Waals surface area contributed by atoms with E-state index in [1.54, 1.807) is 0 Å². The summed E-state index contributed by atoms with van der Waals surface area (Å²) in [5.41, 5.74) is 0.910. The third-order valence-corrected chi connectivity index (χ3v) is 5.32. The number of aromatic nitrogens is 1. The fourth-order valence-electron chi connectivity index (χ4n) is 2.78. The number of hydrogen-bond acceptors (Lipinski definition) is 12. The predicted molar refractivity (Wildman–Crippen MR) is 109 cm³/mol. The van der Waals surface area contributed by atoms with E-state index in [1.165, 1.54) is 19.2 Å². The molecule has 0 aromatic carbocycles. The maximum absolute atomic E-state index is 12.9. The number of rotatable bonds is 8. The van der Waals surface area contributed by atoms with Crippen LogP contribution in [-0.4, -0.2) is 79.7 Å². The summed E-state index contributed by atoms with van der Waals surface area (Å²) in [5, 5.41) is 26.4. The van der Waals surface area contributed by atoms with Crippen molar-refractivity contribution >= 4 is 51.9 Å². The van der Waals surface area contributed by atoms with Crippen LogP contribution in [0.2, 0.25) is 0 Å². The number of nitrogens with two attached hydrogens (primary N) is 1. The molecular formula is C17H21N5Na2O10S. The van der Waals surface area contributed by atoms with Gasteiger partial charge in [0.1, 0.15) is 18.3 Å². The summed E-state index contributed by atoms with van der Waals surface area (Å²) in [7, 11) is 0. The van der Waals surface area contributed by atoms with E-state index in [-0.39, 0.29) is 85.6 Å². The number of oxime groups is 1. The molecule has 18 heteroatoms. The van der Waals surface area contributed by atoms with Crippen molar-refractivity contribution in [3.8, 4) is 0 Å². The van der Waals surface area contributed by atoms with Gasteiger partial charge in [-0.25, -0.2) is 14.6 Å². The number of nitrogen functional groups attached to an aromatic ring is 1. The van der Waals surface area contributed by atoms with E-state index in [2.05, 4.69) is 15.5 Å². The monoisotopic (exact) mass is 533 g/mol. The number of carboxylic acids is 2. The van der Waals surface area contributed by atoms with Crippen LogP contribution in [0, 0.1) is 0 Å². The minimum absolute atomic E-state index is 0. The van der Waals surface area contributed by atoms with Gasteiger partial charge in [0.25, 0.3) is 11.8 Å². The van der Waals surface area contributed by atoms with Gasteiger partial charge < -0.3 is 33.7 Å². The van der Waals surface area contributed by atoms with Gasteiger partial charge in [0, 0.05) is 11.8 Å². The van der Waals surface area contributed by atoms with Crippen LogP contribution in [0.15, 0.2) is 10.5 Å². The fraction of sp³-hybridized carbons (Fsp3) is 0.471. The summed E-state index contributed by atoms with van der Waals surface area (Å²) in [4.78, 5) is 74.1. The van der Waals surface area contributed by atoms with Gasteiger partial charge in [-0.1, -0.05) is 5.16 Å². The molecule has 5 N–H and O–H groups in total. The van der Waals surface area contributed by atoms with E-state index in [0.29, 0.717) is 5.06 Å². The third kappa shape index (κ3) is 6.51. The van der Waals surface area contributed by atoms with Gasteiger partial charge in [0.05, 0.1) is 6.42 Å². The van der Waals surface area contributed by atoms with Gasteiger partial charge in [-0.2, -0.15) is 5.06 Å². The number of anilines is 1. The predicted octanol–water partition coefficient (Wildman–Crippen LogP) is -7.08. The van der Waals surface area contributed by atoms with Crippen molar-refractivity contribution in [3.63, 3.8) is 0 Å². The molecule has 2 fully saturated rings. The number of hydrogen-bond donors (Lipinski definition) is 4. The van der Waals surface area contributed by atoms with Gasteiger partial charge >= 0.3 is 82.7 Å². The first-order valence-electron chi connectivity index (χ1n) is 9.31. The molecule has 1 aromatic rings. The van der Waals surface area contributed by atoms with Crippen LogP contribution in [-0.2, 0) is 38.4 Å². The smallest absolute Gasteiger partial charge is 1.00 e. The summed E-state index contributed by atoms with van der Waals surface area (Å²) < 4.78 is 4.84. The molecule has 35 heavy (non-hydrogen) atoms. The summed E-state index contributed by atoms with van der Waals surface area (Å²) in [6.07, 6.45) is -0.578. The molecule has 0 saturated carbocycles. The molecule has 0 spiro atoms. The summed E-state index contributed by atoms with van der Waals surface area (Å²) >= 11 is 0.974. The van der Waals surface area contributed by atoms with Gasteiger partial charge in [0.2, 0.25) is 5.60 Å². The summed E-state index contributed by atoms with van der Waals surface area (Å²) in [5.74, 6) is -5.78. The molecule has 1 aromatic heterocycles. The number of nitrogens with zero attached hydrogens (tertiary/aromatic N) is 3. The number of ether oxygens (including phenoxy) is 1. The molecule has 3 rings (SSSR count). The van der Waals surface area contributed by atoms with Crippen LogP contribution in [0.1, 0.15) is 35.2 Å². The molecule has 1 unspecified atom stereocenters. The van der Waals surface area contributed by atoms with Gasteiger partial charge in [-0.3, -0.25) is 19.2 Å². The second-order valence-corrected chi connectivity index (χ2v) is 8.33.